The Balaban J connectivity index is 1.53. The first kappa shape index (κ1) is 18.8. The maximum absolute atomic E-state index is 14.6. The molecule has 0 unspecified atom stereocenters. The van der Waals surface area contributed by atoms with Gasteiger partial charge in [0.1, 0.15) is 17.7 Å². The molecule has 1 aliphatic carbocycles. The third-order valence-electron chi connectivity index (χ3n) is 5.20. The summed E-state index contributed by atoms with van der Waals surface area (Å²) in [6, 6.07) is 19.3. The number of halogens is 2. The Bertz CT molecular complexity index is 1220. The van der Waals surface area contributed by atoms with Gasteiger partial charge in [-0.1, -0.05) is 66.4 Å². The van der Waals surface area contributed by atoms with Crippen LogP contribution in [-0.2, 0) is 5.75 Å². The molecule has 3 aromatic rings. The summed E-state index contributed by atoms with van der Waals surface area (Å²) in [7, 11) is 0. The molecule has 0 aromatic heterocycles. The summed E-state index contributed by atoms with van der Waals surface area (Å²) in [6.45, 7) is 0. The highest BCUT2D eigenvalue weighted by Gasteiger charge is 2.39. The van der Waals surface area contributed by atoms with Crippen LogP contribution >= 0.6 is 11.8 Å². The molecule has 0 fully saturated rings. The number of nitrogens with one attached hydrogen (secondary N) is 1. The summed E-state index contributed by atoms with van der Waals surface area (Å²) in [5.41, 5.74) is 3.85. The number of amidine groups is 1. The fraction of sp³-hybridized carbons (Fsp3) is 0.0833. The number of thioether (sulfide) groups is 1. The second-order valence-electron chi connectivity index (χ2n) is 7.06. The minimum absolute atomic E-state index is 0.132. The number of ketones is 1. The largest absolute Gasteiger partial charge is 0.334 e. The normalized spacial score (nSPS) is 17.3. The predicted octanol–water partition coefficient (Wildman–Crippen LogP) is 5.51. The van der Waals surface area contributed by atoms with Gasteiger partial charge in [-0.3, -0.25) is 4.79 Å². The summed E-state index contributed by atoms with van der Waals surface area (Å²) in [5, 5.41) is 3.87. The van der Waals surface area contributed by atoms with E-state index < -0.39 is 11.9 Å². The van der Waals surface area contributed by atoms with Crippen molar-refractivity contribution in [2.75, 3.05) is 0 Å². The summed E-state index contributed by atoms with van der Waals surface area (Å²) < 4.78 is 27.8. The number of rotatable bonds is 3. The number of fused-ring (bicyclic) bond motifs is 2. The first-order valence-electron chi connectivity index (χ1n) is 9.46. The Morgan fingerprint density at radius 3 is 2.37 bits per heavy atom. The van der Waals surface area contributed by atoms with Crippen LogP contribution in [0, 0.1) is 11.6 Å². The molecule has 1 atom stereocenters. The van der Waals surface area contributed by atoms with E-state index in [9.17, 15) is 13.6 Å². The van der Waals surface area contributed by atoms with Crippen LogP contribution in [0.3, 0.4) is 0 Å². The smallest absolute Gasteiger partial charge is 0.194 e. The Hall–Kier alpha value is -3.25. The molecule has 0 radical (unpaired) electrons. The van der Waals surface area contributed by atoms with E-state index >= 15 is 0 Å². The van der Waals surface area contributed by atoms with Crippen molar-refractivity contribution < 1.29 is 13.6 Å². The summed E-state index contributed by atoms with van der Waals surface area (Å²) in [4.78, 5) is 17.8. The topological polar surface area (TPSA) is 41.5 Å². The molecular weight excluding hydrogens is 402 g/mol. The molecule has 0 bridgehead atoms. The standard InChI is InChI=1S/C24H16F2N2OS/c25-15-11-9-14(10-12-15)13-30-24-27-21-16-5-1-2-6-17(16)23(29)20(21)22(28-24)18-7-3-4-8-19(18)26/h1-12,22H,13H2,(H,27,28)/t22-/m1/s1. The molecule has 30 heavy (non-hydrogen) atoms. The van der Waals surface area contributed by atoms with E-state index in [1.807, 2.05) is 18.2 Å². The lowest BCUT2D eigenvalue weighted by molar-refractivity contribution is 0.103. The maximum atomic E-state index is 14.6. The van der Waals surface area contributed by atoms with Gasteiger partial charge in [0.05, 0.1) is 11.3 Å². The van der Waals surface area contributed by atoms with Gasteiger partial charge in [-0.05, 0) is 23.8 Å². The van der Waals surface area contributed by atoms with Crippen LogP contribution in [0.1, 0.15) is 33.1 Å². The molecule has 1 heterocycles. The summed E-state index contributed by atoms with van der Waals surface area (Å²) in [5.74, 6) is -0.249. The van der Waals surface area contributed by atoms with Crippen molar-refractivity contribution in [3.05, 3.63) is 112 Å². The molecule has 1 aliphatic heterocycles. The number of benzene rings is 3. The van der Waals surface area contributed by atoms with Crippen LogP contribution in [0.25, 0.3) is 5.70 Å². The average Bonchev–Trinajstić information content (AvgIpc) is 3.06. The highest BCUT2D eigenvalue weighted by molar-refractivity contribution is 8.13. The van der Waals surface area contributed by atoms with Gasteiger partial charge in [-0.15, -0.1) is 0 Å². The van der Waals surface area contributed by atoms with Crippen molar-refractivity contribution in [3.63, 3.8) is 0 Å². The van der Waals surface area contributed by atoms with Crippen molar-refractivity contribution >= 4 is 28.4 Å². The van der Waals surface area contributed by atoms with Crippen molar-refractivity contribution in [1.29, 1.82) is 0 Å². The fourth-order valence-corrected chi connectivity index (χ4v) is 4.60. The van der Waals surface area contributed by atoms with Gasteiger partial charge in [-0.25, -0.2) is 13.8 Å². The quantitative estimate of drug-likeness (QED) is 0.610. The Morgan fingerprint density at radius 2 is 1.60 bits per heavy atom. The van der Waals surface area contributed by atoms with Gasteiger partial charge in [0.25, 0.3) is 0 Å². The number of nitrogens with zero attached hydrogens (tertiary/aromatic N) is 1. The lowest BCUT2D eigenvalue weighted by Gasteiger charge is -2.24. The molecule has 0 spiro atoms. The monoisotopic (exact) mass is 418 g/mol. The lowest BCUT2D eigenvalue weighted by Crippen LogP contribution is -2.27. The molecule has 3 nitrogen and oxygen atoms in total. The molecule has 0 saturated heterocycles. The van der Waals surface area contributed by atoms with Crippen LogP contribution in [0.4, 0.5) is 8.78 Å². The van der Waals surface area contributed by atoms with Gasteiger partial charge < -0.3 is 5.32 Å². The Kier molecular flexibility index (Phi) is 4.71. The van der Waals surface area contributed by atoms with Gasteiger partial charge in [0.15, 0.2) is 11.0 Å². The minimum atomic E-state index is -0.724. The van der Waals surface area contributed by atoms with Gasteiger partial charge >= 0.3 is 0 Å². The molecule has 2 aliphatic rings. The average molecular weight is 418 g/mol. The zero-order chi connectivity index (χ0) is 20.7. The van der Waals surface area contributed by atoms with Crippen LogP contribution in [0.5, 0.6) is 0 Å². The molecule has 5 rings (SSSR count). The molecule has 3 aromatic carbocycles. The zero-order valence-electron chi connectivity index (χ0n) is 15.7. The third kappa shape index (κ3) is 3.23. The maximum Gasteiger partial charge on any atom is 0.194 e. The highest BCUT2D eigenvalue weighted by Crippen LogP contribution is 2.43. The molecule has 0 amide bonds. The molecule has 6 heteroatoms. The Morgan fingerprint density at radius 1 is 0.900 bits per heavy atom. The van der Waals surface area contributed by atoms with Crippen LogP contribution in [0.2, 0.25) is 0 Å². The van der Waals surface area contributed by atoms with Crippen molar-refractivity contribution in [3.8, 4) is 0 Å². The van der Waals surface area contributed by atoms with E-state index in [0.717, 1.165) is 11.1 Å². The second-order valence-corrected chi connectivity index (χ2v) is 8.03. The number of carbonyl (C=O) groups excluding carboxylic acids is 1. The zero-order valence-corrected chi connectivity index (χ0v) is 16.5. The van der Waals surface area contributed by atoms with E-state index in [2.05, 4.69) is 5.32 Å². The van der Waals surface area contributed by atoms with E-state index in [-0.39, 0.29) is 11.6 Å². The van der Waals surface area contributed by atoms with E-state index in [0.29, 0.717) is 33.3 Å². The summed E-state index contributed by atoms with van der Waals surface area (Å²) >= 11 is 1.43. The number of Topliss-reactive ketones (excluding diaryl/α,β-unsaturated/α-hetero) is 1. The van der Waals surface area contributed by atoms with Crippen molar-refractivity contribution in [1.82, 2.24) is 5.32 Å². The van der Waals surface area contributed by atoms with E-state index in [1.54, 1.807) is 36.4 Å². The molecule has 0 saturated carbocycles. The third-order valence-corrected chi connectivity index (χ3v) is 6.15. The number of carbonyl (C=O) groups is 1. The van der Waals surface area contributed by atoms with Crippen LogP contribution < -0.4 is 5.32 Å². The van der Waals surface area contributed by atoms with Crippen LogP contribution in [-0.4, -0.2) is 11.0 Å². The van der Waals surface area contributed by atoms with Gasteiger partial charge in [0, 0.05) is 22.4 Å². The first-order chi connectivity index (χ1) is 14.6. The lowest BCUT2D eigenvalue weighted by atomic mass is 9.95. The first-order valence-corrected chi connectivity index (χ1v) is 10.4. The highest BCUT2D eigenvalue weighted by atomic mass is 32.2. The van der Waals surface area contributed by atoms with E-state index in [1.165, 1.54) is 30.0 Å². The predicted molar refractivity (Wildman–Crippen MR) is 115 cm³/mol. The number of hydrogen-bond acceptors (Lipinski definition) is 4. The number of hydrogen-bond donors (Lipinski definition) is 1. The van der Waals surface area contributed by atoms with Crippen molar-refractivity contribution in [2.24, 2.45) is 4.99 Å². The SMILES string of the molecule is O=C1C2=C(NC(SCc3ccc(F)cc3)=N[C@@H]2c2ccccc2F)c2ccccc21. The Labute approximate surface area is 176 Å². The van der Waals surface area contributed by atoms with E-state index in [4.69, 9.17) is 4.99 Å². The fourth-order valence-electron chi connectivity index (χ4n) is 3.75. The molecular formula is C24H16F2N2OS. The molecule has 148 valence electrons. The summed E-state index contributed by atoms with van der Waals surface area (Å²) in [6.07, 6.45) is 0. The van der Waals surface area contributed by atoms with Gasteiger partial charge in [-0.2, -0.15) is 0 Å². The van der Waals surface area contributed by atoms with Crippen molar-refractivity contribution in [2.45, 2.75) is 11.8 Å². The van der Waals surface area contributed by atoms with Gasteiger partial charge in [0.2, 0.25) is 0 Å². The van der Waals surface area contributed by atoms with Crippen LogP contribution in [0.15, 0.2) is 83.4 Å². The minimum Gasteiger partial charge on any atom is -0.334 e. The molecule has 1 N–H and O–H groups in total. The second kappa shape index (κ2) is 7.54. The number of aliphatic imine (C=N–C) groups is 1.